The van der Waals surface area contributed by atoms with E-state index in [0.29, 0.717) is 22.1 Å². The summed E-state index contributed by atoms with van der Waals surface area (Å²) in [7, 11) is 1.30. The Bertz CT molecular complexity index is 642. The summed E-state index contributed by atoms with van der Waals surface area (Å²) in [5.74, 6) is -0.512. The van der Waals surface area contributed by atoms with Gasteiger partial charge in [0, 0.05) is 11.4 Å². The SMILES string of the molecule is COC(=O)c1cc(N)cc(Cl)c1Nc1ccc(C)nc1. The van der Waals surface area contributed by atoms with E-state index in [4.69, 9.17) is 22.1 Å². The Labute approximate surface area is 121 Å². The van der Waals surface area contributed by atoms with Crippen molar-refractivity contribution in [2.75, 3.05) is 18.2 Å². The molecule has 0 bridgehead atoms. The second-order valence-electron chi connectivity index (χ2n) is 4.23. The topological polar surface area (TPSA) is 77.2 Å². The van der Waals surface area contributed by atoms with Crippen LogP contribution < -0.4 is 11.1 Å². The van der Waals surface area contributed by atoms with Crippen LogP contribution in [0.5, 0.6) is 0 Å². The number of carbonyl (C=O) groups excluding carboxylic acids is 1. The highest BCUT2D eigenvalue weighted by molar-refractivity contribution is 6.34. The van der Waals surface area contributed by atoms with Crippen LogP contribution >= 0.6 is 11.6 Å². The zero-order chi connectivity index (χ0) is 14.7. The Morgan fingerprint density at radius 3 is 2.75 bits per heavy atom. The van der Waals surface area contributed by atoms with E-state index in [0.717, 1.165) is 5.69 Å². The lowest BCUT2D eigenvalue weighted by Crippen LogP contribution is -2.07. The van der Waals surface area contributed by atoms with Gasteiger partial charge in [0.2, 0.25) is 0 Å². The zero-order valence-corrected chi connectivity index (χ0v) is 11.9. The largest absolute Gasteiger partial charge is 0.465 e. The molecule has 0 aliphatic carbocycles. The van der Waals surface area contributed by atoms with Gasteiger partial charge in [-0.25, -0.2) is 4.79 Å². The van der Waals surface area contributed by atoms with Gasteiger partial charge in [-0.3, -0.25) is 4.98 Å². The fourth-order valence-corrected chi connectivity index (χ4v) is 1.99. The van der Waals surface area contributed by atoms with Crippen molar-refractivity contribution in [3.05, 3.63) is 46.7 Å². The van der Waals surface area contributed by atoms with E-state index in [2.05, 4.69) is 10.3 Å². The minimum absolute atomic E-state index is 0.276. The summed E-state index contributed by atoms with van der Waals surface area (Å²) in [6.45, 7) is 1.89. The van der Waals surface area contributed by atoms with Crippen molar-refractivity contribution in [2.24, 2.45) is 0 Å². The monoisotopic (exact) mass is 291 g/mol. The molecule has 0 saturated heterocycles. The first kappa shape index (κ1) is 14.1. The molecule has 1 aromatic carbocycles. The third-order valence-corrected chi connectivity index (χ3v) is 3.00. The van der Waals surface area contributed by atoms with Gasteiger partial charge in [-0.15, -0.1) is 0 Å². The number of benzene rings is 1. The molecule has 20 heavy (non-hydrogen) atoms. The number of anilines is 3. The maximum atomic E-state index is 11.8. The second kappa shape index (κ2) is 5.79. The number of aryl methyl sites for hydroxylation is 1. The zero-order valence-electron chi connectivity index (χ0n) is 11.1. The van der Waals surface area contributed by atoms with E-state index < -0.39 is 5.97 Å². The molecule has 0 unspecified atom stereocenters. The molecule has 0 atom stereocenters. The maximum absolute atomic E-state index is 11.8. The summed E-state index contributed by atoms with van der Waals surface area (Å²) in [4.78, 5) is 16.0. The Balaban J connectivity index is 2.44. The maximum Gasteiger partial charge on any atom is 0.340 e. The van der Waals surface area contributed by atoms with Crippen molar-refractivity contribution in [1.82, 2.24) is 4.98 Å². The van der Waals surface area contributed by atoms with Crippen LogP contribution in [0.15, 0.2) is 30.5 Å². The van der Waals surface area contributed by atoms with Crippen LogP contribution in [0.2, 0.25) is 5.02 Å². The van der Waals surface area contributed by atoms with E-state index in [-0.39, 0.29) is 5.56 Å². The molecule has 0 radical (unpaired) electrons. The lowest BCUT2D eigenvalue weighted by atomic mass is 10.1. The van der Waals surface area contributed by atoms with Gasteiger partial charge in [-0.1, -0.05) is 11.6 Å². The lowest BCUT2D eigenvalue weighted by molar-refractivity contribution is 0.0602. The van der Waals surface area contributed by atoms with Crippen LogP contribution in [0.25, 0.3) is 0 Å². The van der Waals surface area contributed by atoms with Crippen molar-refractivity contribution < 1.29 is 9.53 Å². The number of aromatic nitrogens is 1. The van der Waals surface area contributed by atoms with E-state index in [1.54, 1.807) is 12.3 Å². The van der Waals surface area contributed by atoms with Gasteiger partial charge in [0.25, 0.3) is 0 Å². The molecular weight excluding hydrogens is 278 g/mol. The number of hydrogen-bond donors (Lipinski definition) is 2. The smallest absolute Gasteiger partial charge is 0.340 e. The number of esters is 1. The Morgan fingerprint density at radius 1 is 1.40 bits per heavy atom. The summed E-state index contributed by atoms with van der Waals surface area (Å²) >= 11 is 6.15. The molecule has 104 valence electrons. The van der Waals surface area contributed by atoms with Crippen LogP contribution in [0.1, 0.15) is 16.1 Å². The van der Waals surface area contributed by atoms with Gasteiger partial charge < -0.3 is 15.8 Å². The number of hydrogen-bond acceptors (Lipinski definition) is 5. The van der Waals surface area contributed by atoms with Crippen molar-refractivity contribution in [3.63, 3.8) is 0 Å². The Hall–Kier alpha value is -2.27. The number of carbonyl (C=O) groups is 1. The predicted molar refractivity (Wildman–Crippen MR) is 79.5 cm³/mol. The quantitative estimate of drug-likeness (QED) is 0.671. The molecule has 0 aliphatic heterocycles. The van der Waals surface area contributed by atoms with E-state index in [1.165, 1.54) is 13.2 Å². The van der Waals surface area contributed by atoms with Gasteiger partial charge in [-0.05, 0) is 31.2 Å². The molecule has 2 rings (SSSR count). The molecule has 1 aromatic heterocycles. The van der Waals surface area contributed by atoms with E-state index >= 15 is 0 Å². The van der Waals surface area contributed by atoms with Gasteiger partial charge in [0.15, 0.2) is 0 Å². The number of ether oxygens (including phenoxy) is 1. The Kier molecular flexibility index (Phi) is 4.10. The number of nitrogens with one attached hydrogen (secondary N) is 1. The molecule has 0 spiro atoms. The highest BCUT2D eigenvalue weighted by atomic mass is 35.5. The summed E-state index contributed by atoms with van der Waals surface area (Å²) in [5, 5.41) is 3.40. The van der Waals surface area contributed by atoms with Crippen LogP contribution in [-0.4, -0.2) is 18.1 Å². The van der Waals surface area contributed by atoms with Crippen molar-refractivity contribution in [2.45, 2.75) is 6.92 Å². The van der Waals surface area contributed by atoms with Crippen LogP contribution in [0, 0.1) is 6.92 Å². The standard InChI is InChI=1S/C14H14ClN3O2/c1-8-3-4-10(7-17-8)18-13-11(14(19)20-2)5-9(16)6-12(13)15/h3-7,18H,16H2,1-2H3. The molecular formula is C14H14ClN3O2. The average molecular weight is 292 g/mol. The van der Waals surface area contributed by atoms with E-state index in [1.807, 2.05) is 19.1 Å². The lowest BCUT2D eigenvalue weighted by Gasteiger charge is -2.13. The summed E-state index contributed by atoms with van der Waals surface area (Å²) in [6.07, 6.45) is 1.66. The molecule has 2 aromatic rings. The van der Waals surface area contributed by atoms with Crippen molar-refractivity contribution >= 4 is 34.6 Å². The van der Waals surface area contributed by atoms with Gasteiger partial charge in [-0.2, -0.15) is 0 Å². The summed E-state index contributed by atoms with van der Waals surface area (Å²) in [5.41, 5.74) is 8.42. The number of nitrogen functional groups attached to an aromatic ring is 1. The minimum Gasteiger partial charge on any atom is -0.465 e. The van der Waals surface area contributed by atoms with Gasteiger partial charge in [0.05, 0.1) is 35.3 Å². The normalized spacial score (nSPS) is 10.2. The third kappa shape index (κ3) is 3.00. The van der Waals surface area contributed by atoms with Gasteiger partial charge >= 0.3 is 5.97 Å². The average Bonchev–Trinajstić information content (AvgIpc) is 2.42. The second-order valence-corrected chi connectivity index (χ2v) is 4.64. The number of nitrogens with two attached hydrogens (primary N) is 1. The van der Waals surface area contributed by atoms with Crippen LogP contribution in [0.4, 0.5) is 17.1 Å². The first-order valence-corrected chi connectivity index (χ1v) is 6.26. The number of rotatable bonds is 3. The minimum atomic E-state index is -0.512. The number of methoxy groups -OCH3 is 1. The summed E-state index contributed by atoms with van der Waals surface area (Å²) < 4.78 is 4.73. The molecule has 1 heterocycles. The summed E-state index contributed by atoms with van der Waals surface area (Å²) in [6, 6.07) is 6.78. The molecule has 6 heteroatoms. The number of pyridine rings is 1. The third-order valence-electron chi connectivity index (χ3n) is 2.70. The molecule has 0 amide bonds. The van der Waals surface area contributed by atoms with Crippen LogP contribution in [-0.2, 0) is 4.74 Å². The molecule has 3 N–H and O–H groups in total. The molecule has 0 fully saturated rings. The molecule has 0 saturated carbocycles. The number of nitrogens with zero attached hydrogens (tertiary/aromatic N) is 1. The fourth-order valence-electron chi connectivity index (χ4n) is 1.71. The fraction of sp³-hybridized carbons (Fsp3) is 0.143. The molecule has 5 nitrogen and oxygen atoms in total. The predicted octanol–water partition coefficient (Wildman–Crippen LogP) is 3.16. The highest BCUT2D eigenvalue weighted by Crippen LogP contribution is 2.32. The van der Waals surface area contributed by atoms with Crippen LogP contribution in [0.3, 0.4) is 0 Å². The first-order chi connectivity index (χ1) is 9.51. The Morgan fingerprint density at radius 2 is 2.15 bits per heavy atom. The van der Waals surface area contributed by atoms with Crippen molar-refractivity contribution in [3.8, 4) is 0 Å². The van der Waals surface area contributed by atoms with Crippen molar-refractivity contribution in [1.29, 1.82) is 0 Å². The highest BCUT2D eigenvalue weighted by Gasteiger charge is 2.16. The number of halogens is 1. The van der Waals surface area contributed by atoms with Gasteiger partial charge in [0.1, 0.15) is 0 Å². The molecule has 0 aliphatic rings. The first-order valence-electron chi connectivity index (χ1n) is 5.88. The van der Waals surface area contributed by atoms with E-state index in [9.17, 15) is 4.79 Å².